The van der Waals surface area contributed by atoms with E-state index in [1.165, 1.54) is 11.1 Å². The molecule has 2 heterocycles. The molecule has 0 atom stereocenters. The lowest BCUT2D eigenvalue weighted by Gasteiger charge is -2.16. The first-order valence-corrected chi connectivity index (χ1v) is 8.99. The first kappa shape index (κ1) is 18.8. The zero-order chi connectivity index (χ0) is 19.2. The molecule has 0 aliphatic heterocycles. The Morgan fingerprint density at radius 3 is 2.70 bits per heavy atom. The number of pyridine rings is 1. The molecule has 0 fully saturated rings. The van der Waals surface area contributed by atoms with Crippen LogP contribution in [0.15, 0.2) is 47.5 Å². The van der Waals surface area contributed by atoms with Crippen LogP contribution in [0.2, 0.25) is 0 Å². The van der Waals surface area contributed by atoms with E-state index < -0.39 is 0 Å². The van der Waals surface area contributed by atoms with Crippen molar-refractivity contribution in [1.29, 1.82) is 0 Å². The number of nitrogens with zero attached hydrogens (tertiary/aromatic N) is 4. The zero-order valence-corrected chi connectivity index (χ0v) is 16.0. The highest BCUT2D eigenvalue weighted by Crippen LogP contribution is 2.22. The van der Waals surface area contributed by atoms with Gasteiger partial charge >= 0.3 is 0 Å². The van der Waals surface area contributed by atoms with Crippen molar-refractivity contribution < 1.29 is 4.84 Å². The number of rotatable bonds is 8. The number of aromatic nitrogens is 3. The quantitative estimate of drug-likeness (QED) is 0.615. The van der Waals surface area contributed by atoms with E-state index in [4.69, 9.17) is 4.84 Å². The Balaban J connectivity index is 1.89. The van der Waals surface area contributed by atoms with Gasteiger partial charge in [-0.2, -0.15) is 0 Å². The van der Waals surface area contributed by atoms with Crippen LogP contribution in [-0.2, 0) is 6.61 Å². The second-order valence-corrected chi connectivity index (χ2v) is 6.69. The molecule has 0 radical (unpaired) electrons. The maximum Gasteiger partial charge on any atom is 0.287 e. The number of hydrogen-bond donors (Lipinski definition) is 1. The van der Waals surface area contributed by atoms with Gasteiger partial charge in [0, 0.05) is 12.6 Å². The van der Waals surface area contributed by atoms with Gasteiger partial charge in [-0.05, 0) is 39.5 Å². The lowest BCUT2D eigenvalue weighted by molar-refractivity contribution is 0.0979. The fraction of sp³-hybridized carbons (Fsp3) is 0.350. The number of nitrogens with one attached hydrogen (secondary N) is 1. The molecule has 1 N–H and O–H groups in total. The summed E-state index contributed by atoms with van der Waals surface area (Å²) in [6, 6.07) is 11.3. The van der Waals surface area contributed by atoms with E-state index in [9.17, 15) is 4.79 Å². The highest BCUT2D eigenvalue weighted by molar-refractivity contribution is 5.90. The summed E-state index contributed by atoms with van der Waals surface area (Å²) in [5.74, 6) is 0. The topological polar surface area (TPSA) is 72.3 Å². The summed E-state index contributed by atoms with van der Waals surface area (Å²) < 4.78 is 1.25. The molecule has 7 heteroatoms. The standard InChI is InChI=1S/C20H25N5O2/c1-15-19-17(21-10-7-11-24(2)3)12-18(26)25(20(19)23-14-22-15)27-13-16-8-5-4-6-9-16/h4-6,8-9,12,14,21H,7,10-11,13H2,1-3H3. The van der Waals surface area contributed by atoms with E-state index in [1.54, 1.807) is 6.07 Å². The monoisotopic (exact) mass is 367 g/mol. The predicted molar refractivity (Wildman–Crippen MR) is 107 cm³/mol. The molecule has 0 unspecified atom stereocenters. The van der Waals surface area contributed by atoms with Crippen molar-refractivity contribution >= 4 is 16.7 Å². The number of benzene rings is 1. The van der Waals surface area contributed by atoms with Gasteiger partial charge < -0.3 is 15.1 Å². The average Bonchev–Trinajstić information content (AvgIpc) is 2.65. The van der Waals surface area contributed by atoms with Crippen LogP contribution in [0.5, 0.6) is 0 Å². The first-order chi connectivity index (χ1) is 13.1. The van der Waals surface area contributed by atoms with Crippen LogP contribution in [0.4, 0.5) is 5.69 Å². The van der Waals surface area contributed by atoms with Crippen LogP contribution >= 0.6 is 0 Å². The molecule has 0 aliphatic rings. The molecule has 1 aromatic carbocycles. The Bertz CT molecular complexity index is 954. The number of aryl methyl sites for hydroxylation is 1. The number of hydrogen-bond acceptors (Lipinski definition) is 6. The maximum absolute atomic E-state index is 12.7. The van der Waals surface area contributed by atoms with Gasteiger partial charge in [0.15, 0.2) is 5.65 Å². The molecular formula is C20H25N5O2. The van der Waals surface area contributed by atoms with Crippen molar-refractivity contribution in [1.82, 2.24) is 19.6 Å². The van der Waals surface area contributed by atoms with E-state index in [2.05, 4.69) is 20.2 Å². The van der Waals surface area contributed by atoms with E-state index >= 15 is 0 Å². The van der Waals surface area contributed by atoms with Gasteiger partial charge in [-0.15, -0.1) is 4.73 Å². The summed E-state index contributed by atoms with van der Waals surface area (Å²) in [5, 5.41) is 4.15. The molecule has 3 aromatic rings. The predicted octanol–water partition coefficient (Wildman–Crippen LogP) is 2.09. The SMILES string of the molecule is Cc1ncnc2c1c(NCCCN(C)C)cc(=O)n2OCc1ccccc1. The largest absolute Gasteiger partial charge is 0.404 e. The Hall–Kier alpha value is -2.93. The zero-order valence-electron chi connectivity index (χ0n) is 16.0. The molecule has 2 aromatic heterocycles. The lowest BCUT2D eigenvalue weighted by Crippen LogP contribution is -2.28. The fourth-order valence-electron chi connectivity index (χ4n) is 2.88. The third-order valence-corrected chi connectivity index (χ3v) is 4.25. The van der Waals surface area contributed by atoms with E-state index in [0.29, 0.717) is 5.65 Å². The lowest BCUT2D eigenvalue weighted by atomic mass is 10.2. The Morgan fingerprint density at radius 2 is 1.96 bits per heavy atom. The molecule has 0 amide bonds. The molecule has 7 nitrogen and oxygen atoms in total. The van der Waals surface area contributed by atoms with Gasteiger partial charge in [0.2, 0.25) is 0 Å². The van der Waals surface area contributed by atoms with Gasteiger partial charge in [0.05, 0.1) is 16.8 Å². The van der Waals surface area contributed by atoms with Crippen molar-refractivity contribution in [3.8, 4) is 0 Å². The average molecular weight is 367 g/mol. The molecular weight excluding hydrogens is 342 g/mol. The van der Waals surface area contributed by atoms with Crippen LogP contribution in [-0.4, -0.2) is 46.8 Å². The van der Waals surface area contributed by atoms with Crippen molar-refractivity contribution in [3.05, 3.63) is 64.3 Å². The van der Waals surface area contributed by atoms with Gasteiger partial charge in [-0.3, -0.25) is 4.79 Å². The van der Waals surface area contributed by atoms with E-state index in [1.807, 2.05) is 51.4 Å². The Morgan fingerprint density at radius 1 is 1.19 bits per heavy atom. The van der Waals surface area contributed by atoms with Crippen LogP contribution in [0.25, 0.3) is 11.0 Å². The van der Waals surface area contributed by atoms with Crippen LogP contribution in [0.3, 0.4) is 0 Å². The van der Waals surface area contributed by atoms with E-state index in [0.717, 1.165) is 41.8 Å². The summed E-state index contributed by atoms with van der Waals surface area (Å²) >= 11 is 0. The normalized spacial score (nSPS) is 11.1. The van der Waals surface area contributed by atoms with Gasteiger partial charge in [0.25, 0.3) is 5.56 Å². The second-order valence-electron chi connectivity index (χ2n) is 6.69. The first-order valence-electron chi connectivity index (χ1n) is 8.99. The highest BCUT2D eigenvalue weighted by atomic mass is 16.7. The van der Waals surface area contributed by atoms with Crippen molar-refractivity contribution in [2.24, 2.45) is 0 Å². The second kappa shape index (κ2) is 8.64. The Kier molecular flexibility index (Phi) is 6.03. The van der Waals surface area contributed by atoms with Crippen LogP contribution in [0.1, 0.15) is 17.7 Å². The number of anilines is 1. The summed E-state index contributed by atoms with van der Waals surface area (Å²) in [6.07, 6.45) is 2.42. The van der Waals surface area contributed by atoms with Gasteiger partial charge in [-0.1, -0.05) is 30.3 Å². The summed E-state index contributed by atoms with van der Waals surface area (Å²) in [5.41, 5.74) is 2.74. The molecule has 142 valence electrons. The smallest absolute Gasteiger partial charge is 0.287 e. The molecule has 0 spiro atoms. The highest BCUT2D eigenvalue weighted by Gasteiger charge is 2.14. The third-order valence-electron chi connectivity index (χ3n) is 4.25. The van der Waals surface area contributed by atoms with Crippen LogP contribution in [0, 0.1) is 6.92 Å². The minimum absolute atomic E-state index is 0.258. The fourth-order valence-corrected chi connectivity index (χ4v) is 2.88. The van der Waals surface area contributed by atoms with Crippen LogP contribution < -0.4 is 15.7 Å². The molecule has 0 saturated carbocycles. The molecule has 0 saturated heterocycles. The molecule has 27 heavy (non-hydrogen) atoms. The minimum Gasteiger partial charge on any atom is -0.404 e. The van der Waals surface area contributed by atoms with Crippen molar-refractivity contribution in [2.45, 2.75) is 20.0 Å². The summed E-state index contributed by atoms with van der Waals surface area (Å²) in [7, 11) is 4.08. The molecule has 0 aliphatic carbocycles. The van der Waals surface area contributed by atoms with E-state index in [-0.39, 0.29) is 12.2 Å². The number of fused-ring (bicyclic) bond motifs is 1. The van der Waals surface area contributed by atoms with Crippen molar-refractivity contribution in [3.63, 3.8) is 0 Å². The third kappa shape index (κ3) is 4.62. The van der Waals surface area contributed by atoms with Gasteiger partial charge in [0.1, 0.15) is 12.9 Å². The molecule has 3 rings (SSSR count). The minimum atomic E-state index is -0.258. The summed E-state index contributed by atoms with van der Waals surface area (Å²) in [6.45, 7) is 3.92. The Labute approximate surface area is 158 Å². The molecule has 0 bridgehead atoms. The van der Waals surface area contributed by atoms with Gasteiger partial charge in [-0.25, -0.2) is 9.97 Å². The van der Waals surface area contributed by atoms with Crippen molar-refractivity contribution in [2.75, 3.05) is 32.5 Å². The summed E-state index contributed by atoms with van der Waals surface area (Å²) in [4.78, 5) is 29.2. The maximum atomic E-state index is 12.7.